The molecule has 2 aliphatic heterocycles. The van der Waals surface area contributed by atoms with Crippen molar-refractivity contribution in [3.63, 3.8) is 0 Å². The first-order valence-electron chi connectivity index (χ1n) is 5.41. The van der Waals surface area contributed by atoms with Gasteiger partial charge in [0.05, 0.1) is 0 Å². The van der Waals surface area contributed by atoms with Gasteiger partial charge in [-0.2, -0.15) is 0 Å². The van der Waals surface area contributed by atoms with E-state index in [1.165, 1.54) is 80.3 Å². The van der Waals surface area contributed by atoms with E-state index in [4.69, 9.17) is 0 Å². The van der Waals surface area contributed by atoms with Crippen LogP contribution in [-0.2, 0) is 0 Å². The number of hydrogen-bond donors (Lipinski definition) is 0. The Labute approximate surface area is 80.8 Å². The van der Waals surface area contributed by atoms with Gasteiger partial charge >= 0.3 is 0 Å². The molecule has 72 valence electrons. The van der Waals surface area contributed by atoms with E-state index in [0.717, 1.165) is 0 Å². The van der Waals surface area contributed by atoms with Gasteiger partial charge in [-0.3, -0.25) is 0 Å². The lowest BCUT2D eigenvalue weighted by molar-refractivity contribution is 0.759. The monoisotopic (exact) mass is 204 g/mol. The highest BCUT2D eigenvalue weighted by atomic mass is 31.1. The van der Waals surface area contributed by atoms with Crippen LogP contribution in [0.5, 0.6) is 0 Å². The molecule has 0 saturated carbocycles. The molecule has 2 rings (SSSR count). The maximum Gasteiger partial charge on any atom is -0.0353 e. The van der Waals surface area contributed by atoms with Gasteiger partial charge in [0.25, 0.3) is 0 Å². The minimum absolute atomic E-state index is 1.30. The molecular weight excluding hydrogens is 182 g/mol. The zero-order chi connectivity index (χ0) is 8.49. The van der Waals surface area contributed by atoms with Crippen LogP contribution >= 0.6 is 17.2 Å². The summed E-state index contributed by atoms with van der Waals surface area (Å²) in [5.74, 6) is 0. The Bertz CT molecular complexity index is 50.8. The van der Waals surface area contributed by atoms with Gasteiger partial charge in [-0.05, 0) is 50.3 Å². The van der Waals surface area contributed by atoms with Gasteiger partial charge in [-0.1, -0.05) is 12.8 Å². The van der Waals surface area contributed by atoms with E-state index in [2.05, 4.69) is 0 Å². The van der Waals surface area contributed by atoms with Crippen molar-refractivity contribution in [3.8, 4) is 0 Å². The van der Waals surface area contributed by atoms with Crippen LogP contribution in [0.3, 0.4) is 0 Å². The molecule has 0 N–H and O–H groups in total. The van der Waals surface area contributed by atoms with Crippen molar-refractivity contribution >= 4 is 17.2 Å². The normalized spacial score (nSPS) is 24.0. The van der Waals surface area contributed by atoms with Gasteiger partial charge in [0.2, 0.25) is 0 Å². The topological polar surface area (TPSA) is 0 Å². The first-order valence-corrected chi connectivity index (χ1v) is 8.24. The fourth-order valence-electron chi connectivity index (χ4n) is 1.60. The molecule has 0 radical (unpaired) electrons. The lowest BCUT2D eigenvalue weighted by Gasteiger charge is -2.06. The maximum atomic E-state index is 1.53. The molecule has 0 bridgehead atoms. The Morgan fingerprint density at radius 2 is 0.750 bits per heavy atom. The zero-order valence-corrected chi connectivity index (χ0v) is 10.1. The molecular formula is C10H22P2. The fourth-order valence-corrected chi connectivity index (χ4v) is 4.10. The first kappa shape index (κ1) is 10.9. The summed E-state index contributed by atoms with van der Waals surface area (Å²) in [7, 11) is 2.60. The third-order valence-corrected chi connectivity index (χ3v) is 5.24. The Balaban J connectivity index is 0.000000120. The van der Waals surface area contributed by atoms with Crippen molar-refractivity contribution in [1.82, 2.24) is 0 Å². The first-order chi connectivity index (χ1) is 6.00. The van der Waals surface area contributed by atoms with Crippen molar-refractivity contribution < 1.29 is 0 Å². The van der Waals surface area contributed by atoms with Crippen LogP contribution in [0.2, 0.25) is 0 Å². The third kappa shape index (κ3) is 6.38. The highest BCUT2D eigenvalue weighted by molar-refractivity contribution is 7.38. The molecule has 0 aliphatic carbocycles. The minimum Gasteiger partial charge on any atom is -0.122 e. The van der Waals surface area contributed by atoms with E-state index >= 15 is 0 Å². The molecule has 0 spiro atoms. The van der Waals surface area contributed by atoms with Crippen molar-refractivity contribution in [2.45, 2.75) is 38.5 Å². The van der Waals surface area contributed by atoms with Gasteiger partial charge in [-0.25, -0.2) is 0 Å². The largest absolute Gasteiger partial charge is 0.122 e. The molecule has 0 nitrogen and oxygen atoms in total. The summed E-state index contributed by atoms with van der Waals surface area (Å²) < 4.78 is 0. The van der Waals surface area contributed by atoms with Gasteiger partial charge < -0.3 is 0 Å². The second kappa shape index (κ2) is 8.46. The lowest BCUT2D eigenvalue weighted by Crippen LogP contribution is -1.89. The van der Waals surface area contributed by atoms with Crippen LogP contribution in [0.25, 0.3) is 0 Å². The molecule has 2 saturated heterocycles. The van der Waals surface area contributed by atoms with E-state index in [9.17, 15) is 0 Å². The summed E-state index contributed by atoms with van der Waals surface area (Å²) >= 11 is 0. The Morgan fingerprint density at radius 3 is 0.833 bits per heavy atom. The molecule has 0 atom stereocenters. The minimum atomic E-state index is 1.30. The van der Waals surface area contributed by atoms with Gasteiger partial charge in [0.1, 0.15) is 0 Å². The van der Waals surface area contributed by atoms with Crippen molar-refractivity contribution in [1.29, 1.82) is 0 Å². The Hall–Kier alpha value is 0.860. The molecule has 0 aromatic rings. The highest BCUT2D eigenvalue weighted by Gasteiger charge is 1.95. The number of rotatable bonds is 0. The standard InChI is InChI=1S/2C5H11P/c2*1-2-4-6-5-3-1/h2*6H,1-5H2. The van der Waals surface area contributed by atoms with E-state index in [0.29, 0.717) is 0 Å². The Kier molecular flexibility index (Phi) is 7.71. The molecule has 12 heavy (non-hydrogen) atoms. The molecule has 0 unspecified atom stereocenters. The predicted octanol–water partition coefficient (Wildman–Crippen LogP) is 3.70. The molecule has 0 aromatic heterocycles. The van der Waals surface area contributed by atoms with E-state index in [-0.39, 0.29) is 0 Å². The molecule has 2 heteroatoms. The van der Waals surface area contributed by atoms with Crippen LogP contribution in [0.4, 0.5) is 0 Å². The van der Waals surface area contributed by atoms with Crippen LogP contribution in [0, 0.1) is 0 Å². The summed E-state index contributed by atoms with van der Waals surface area (Å²) in [5.41, 5.74) is 0. The summed E-state index contributed by atoms with van der Waals surface area (Å²) in [5, 5.41) is 0. The van der Waals surface area contributed by atoms with Gasteiger partial charge in [0, 0.05) is 0 Å². The fraction of sp³-hybridized carbons (Fsp3) is 1.00. The smallest absolute Gasteiger partial charge is 0.0353 e. The highest BCUT2D eigenvalue weighted by Crippen LogP contribution is 2.21. The lowest BCUT2D eigenvalue weighted by atomic mass is 10.3. The summed E-state index contributed by atoms with van der Waals surface area (Å²) in [6.07, 6.45) is 15.2. The van der Waals surface area contributed by atoms with Crippen LogP contribution in [0.15, 0.2) is 0 Å². The summed E-state index contributed by atoms with van der Waals surface area (Å²) in [6, 6.07) is 0. The molecule has 0 aromatic carbocycles. The third-order valence-electron chi connectivity index (χ3n) is 2.41. The second-order valence-corrected chi connectivity index (χ2v) is 6.62. The average molecular weight is 204 g/mol. The maximum absolute atomic E-state index is 1.53. The second-order valence-electron chi connectivity index (χ2n) is 3.62. The van der Waals surface area contributed by atoms with E-state index < -0.39 is 0 Å². The van der Waals surface area contributed by atoms with Gasteiger partial charge in [0.15, 0.2) is 0 Å². The molecule has 0 amide bonds. The average Bonchev–Trinajstić information content (AvgIpc) is 2.24. The van der Waals surface area contributed by atoms with Crippen LogP contribution < -0.4 is 0 Å². The number of hydrogen-bond acceptors (Lipinski definition) is 0. The van der Waals surface area contributed by atoms with E-state index in [1.54, 1.807) is 0 Å². The van der Waals surface area contributed by atoms with Crippen LogP contribution in [-0.4, -0.2) is 24.6 Å². The van der Waals surface area contributed by atoms with Gasteiger partial charge in [-0.15, -0.1) is 17.2 Å². The summed E-state index contributed by atoms with van der Waals surface area (Å²) in [4.78, 5) is 0. The molecule has 2 fully saturated rings. The molecule has 2 heterocycles. The predicted molar refractivity (Wildman–Crippen MR) is 63.8 cm³/mol. The quantitative estimate of drug-likeness (QED) is 0.528. The summed E-state index contributed by atoms with van der Waals surface area (Å²) in [6.45, 7) is 0. The SMILES string of the molecule is C1CCPCC1.C1CCPCC1. The van der Waals surface area contributed by atoms with Crippen molar-refractivity contribution in [3.05, 3.63) is 0 Å². The zero-order valence-electron chi connectivity index (χ0n) is 8.07. The Morgan fingerprint density at radius 1 is 0.417 bits per heavy atom. The van der Waals surface area contributed by atoms with Crippen molar-refractivity contribution in [2.75, 3.05) is 24.6 Å². The van der Waals surface area contributed by atoms with Crippen LogP contribution in [0.1, 0.15) is 38.5 Å². The molecule has 2 aliphatic rings. The van der Waals surface area contributed by atoms with Crippen molar-refractivity contribution in [2.24, 2.45) is 0 Å². The van der Waals surface area contributed by atoms with E-state index in [1.807, 2.05) is 0 Å².